The molecule has 0 saturated heterocycles. The summed E-state index contributed by atoms with van der Waals surface area (Å²) in [5.74, 6) is 0.171. The second-order valence-electron chi connectivity index (χ2n) is 5.25. The van der Waals surface area contributed by atoms with Gasteiger partial charge in [0.05, 0.1) is 11.6 Å². The number of hydrogen-bond acceptors (Lipinski definition) is 2. The molecule has 18 heavy (non-hydrogen) atoms. The Balaban J connectivity index is 2.00. The first-order valence-corrected chi connectivity index (χ1v) is 7.65. The summed E-state index contributed by atoms with van der Waals surface area (Å²) in [6.07, 6.45) is 12.4. The number of amides is 1. The van der Waals surface area contributed by atoms with Gasteiger partial charge in [-0.2, -0.15) is 5.10 Å². The number of hydrogen-bond donors (Lipinski definition) is 1. The summed E-state index contributed by atoms with van der Waals surface area (Å²) in [4.78, 5) is 11.6. The molecule has 3 heteroatoms. The van der Waals surface area contributed by atoms with Gasteiger partial charge < -0.3 is 0 Å². The number of nitrogens with one attached hydrogen (secondary N) is 1. The fourth-order valence-electron chi connectivity index (χ4n) is 2.54. The zero-order valence-corrected chi connectivity index (χ0v) is 12.0. The van der Waals surface area contributed by atoms with E-state index in [1.165, 1.54) is 44.9 Å². The minimum absolute atomic E-state index is 0.0649. The van der Waals surface area contributed by atoms with E-state index >= 15 is 0 Å². The van der Waals surface area contributed by atoms with Crippen molar-refractivity contribution >= 4 is 11.6 Å². The summed E-state index contributed by atoms with van der Waals surface area (Å²) < 4.78 is 0. The van der Waals surface area contributed by atoms with Crippen LogP contribution in [-0.2, 0) is 4.79 Å². The summed E-state index contributed by atoms with van der Waals surface area (Å²) in [6.45, 7) is 4.32. The predicted molar refractivity (Wildman–Crippen MR) is 76.6 cm³/mol. The number of carbonyl (C=O) groups excluding carboxylic acids is 1. The van der Waals surface area contributed by atoms with Gasteiger partial charge in [-0.3, -0.25) is 4.79 Å². The largest absolute Gasteiger partial charge is 0.272 e. The predicted octanol–water partition coefficient (Wildman–Crippen LogP) is 4.03. The quantitative estimate of drug-likeness (QED) is 0.586. The van der Waals surface area contributed by atoms with E-state index in [1.54, 1.807) is 0 Å². The monoisotopic (exact) mass is 252 g/mol. The van der Waals surface area contributed by atoms with E-state index in [4.69, 9.17) is 0 Å². The lowest BCUT2D eigenvalue weighted by Gasteiger charge is -2.08. The van der Waals surface area contributed by atoms with Crippen LogP contribution in [0.2, 0.25) is 0 Å². The fraction of sp³-hybridized carbons (Fsp3) is 0.867. The second kappa shape index (κ2) is 9.12. The molecule has 0 bridgehead atoms. The molecule has 1 amide bonds. The molecule has 1 atom stereocenters. The van der Waals surface area contributed by atoms with Crippen LogP contribution in [0.25, 0.3) is 0 Å². The van der Waals surface area contributed by atoms with Gasteiger partial charge in [0, 0.05) is 0 Å². The van der Waals surface area contributed by atoms with E-state index in [1.807, 2.05) is 0 Å². The lowest BCUT2D eigenvalue weighted by atomic mass is 9.94. The molecule has 1 rings (SSSR count). The number of hydrazone groups is 1. The van der Waals surface area contributed by atoms with Gasteiger partial charge in [-0.25, -0.2) is 5.43 Å². The highest BCUT2D eigenvalue weighted by atomic mass is 16.2. The Morgan fingerprint density at radius 1 is 1.00 bits per heavy atom. The molecule has 1 heterocycles. The maximum absolute atomic E-state index is 11.6. The average Bonchev–Trinajstić information content (AvgIpc) is 2.73. The van der Waals surface area contributed by atoms with E-state index in [9.17, 15) is 4.79 Å². The molecule has 0 fully saturated rings. The first-order valence-electron chi connectivity index (χ1n) is 7.65. The van der Waals surface area contributed by atoms with Crippen LogP contribution in [0.5, 0.6) is 0 Å². The average molecular weight is 252 g/mol. The summed E-state index contributed by atoms with van der Waals surface area (Å²) in [6, 6.07) is 0. The summed E-state index contributed by atoms with van der Waals surface area (Å²) in [5.41, 5.74) is 3.64. The van der Waals surface area contributed by atoms with Gasteiger partial charge >= 0.3 is 0 Å². The normalized spacial score (nSPS) is 18.9. The smallest absolute Gasteiger partial charge is 0.248 e. The third kappa shape index (κ3) is 5.19. The van der Waals surface area contributed by atoms with Gasteiger partial charge in [0.15, 0.2) is 0 Å². The minimum atomic E-state index is 0.0649. The molecule has 1 aliphatic heterocycles. The van der Waals surface area contributed by atoms with Crippen LogP contribution >= 0.6 is 0 Å². The Kier molecular flexibility index (Phi) is 7.70. The molecule has 0 aromatic rings. The SMILES string of the molecule is CCCCCCCCCCC1C(=O)NN=C1CC. The maximum Gasteiger partial charge on any atom is 0.248 e. The van der Waals surface area contributed by atoms with Gasteiger partial charge in [-0.15, -0.1) is 0 Å². The van der Waals surface area contributed by atoms with Crippen molar-refractivity contribution in [2.75, 3.05) is 0 Å². The fourth-order valence-corrected chi connectivity index (χ4v) is 2.54. The molecule has 0 aromatic heterocycles. The second-order valence-corrected chi connectivity index (χ2v) is 5.25. The molecular formula is C15H28N2O. The number of carbonyl (C=O) groups is 1. The molecule has 0 aromatic carbocycles. The summed E-state index contributed by atoms with van der Waals surface area (Å²) in [5, 5.41) is 4.08. The lowest BCUT2D eigenvalue weighted by molar-refractivity contribution is -0.122. The molecule has 0 aliphatic carbocycles. The van der Waals surface area contributed by atoms with Crippen molar-refractivity contribution in [2.24, 2.45) is 11.0 Å². The molecule has 0 saturated carbocycles. The third-order valence-corrected chi connectivity index (χ3v) is 3.74. The minimum Gasteiger partial charge on any atom is -0.272 e. The summed E-state index contributed by atoms with van der Waals surface area (Å²) in [7, 11) is 0. The van der Waals surface area contributed by atoms with Crippen molar-refractivity contribution in [2.45, 2.75) is 78.1 Å². The molecule has 0 spiro atoms. The van der Waals surface area contributed by atoms with Gasteiger partial charge in [-0.1, -0.05) is 65.2 Å². The highest BCUT2D eigenvalue weighted by molar-refractivity contribution is 6.07. The van der Waals surface area contributed by atoms with Crippen LogP contribution < -0.4 is 5.43 Å². The Hall–Kier alpha value is -0.860. The van der Waals surface area contributed by atoms with Crippen LogP contribution in [0.3, 0.4) is 0 Å². The lowest BCUT2D eigenvalue weighted by Crippen LogP contribution is -2.22. The molecular weight excluding hydrogens is 224 g/mol. The standard InChI is InChI=1S/C15H28N2O/c1-3-5-6-7-8-9-10-11-12-13-14(4-2)16-17-15(13)18/h13H,3-12H2,1-2H3,(H,17,18). The maximum atomic E-state index is 11.6. The van der Waals surface area contributed by atoms with E-state index < -0.39 is 0 Å². The van der Waals surface area contributed by atoms with Crippen LogP contribution in [0.4, 0.5) is 0 Å². The van der Waals surface area contributed by atoms with Crippen molar-refractivity contribution in [1.29, 1.82) is 0 Å². The Morgan fingerprint density at radius 3 is 2.22 bits per heavy atom. The molecule has 0 radical (unpaired) electrons. The first-order chi connectivity index (χ1) is 8.79. The molecule has 1 aliphatic rings. The van der Waals surface area contributed by atoms with Crippen LogP contribution in [0.1, 0.15) is 78.1 Å². The molecule has 104 valence electrons. The van der Waals surface area contributed by atoms with E-state index in [0.29, 0.717) is 0 Å². The number of unbranched alkanes of at least 4 members (excludes halogenated alkanes) is 7. The van der Waals surface area contributed by atoms with Crippen molar-refractivity contribution in [1.82, 2.24) is 5.43 Å². The van der Waals surface area contributed by atoms with Crippen LogP contribution in [0, 0.1) is 5.92 Å². The van der Waals surface area contributed by atoms with E-state index in [-0.39, 0.29) is 11.8 Å². The Labute approximate surface area is 111 Å². The third-order valence-electron chi connectivity index (χ3n) is 3.74. The Morgan fingerprint density at radius 2 is 1.61 bits per heavy atom. The zero-order valence-electron chi connectivity index (χ0n) is 12.0. The van der Waals surface area contributed by atoms with Gasteiger partial charge in [0.25, 0.3) is 0 Å². The molecule has 1 N–H and O–H groups in total. The summed E-state index contributed by atoms with van der Waals surface area (Å²) >= 11 is 0. The Bertz CT molecular complexity index is 274. The van der Waals surface area contributed by atoms with Crippen molar-refractivity contribution in [3.05, 3.63) is 0 Å². The number of rotatable bonds is 10. The number of nitrogens with zero attached hydrogens (tertiary/aromatic N) is 1. The zero-order chi connectivity index (χ0) is 13.2. The van der Waals surface area contributed by atoms with Gasteiger partial charge in [0.1, 0.15) is 0 Å². The highest BCUT2D eigenvalue weighted by Crippen LogP contribution is 2.18. The van der Waals surface area contributed by atoms with Crippen molar-refractivity contribution in [3.8, 4) is 0 Å². The van der Waals surface area contributed by atoms with Crippen molar-refractivity contribution < 1.29 is 4.79 Å². The molecule has 1 unspecified atom stereocenters. The van der Waals surface area contributed by atoms with Gasteiger partial charge in [-0.05, 0) is 12.8 Å². The first kappa shape index (κ1) is 15.2. The van der Waals surface area contributed by atoms with Gasteiger partial charge in [0.2, 0.25) is 5.91 Å². The van der Waals surface area contributed by atoms with E-state index in [2.05, 4.69) is 24.4 Å². The highest BCUT2D eigenvalue weighted by Gasteiger charge is 2.27. The van der Waals surface area contributed by atoms with Crippen molar-refractivity contribution in [3.63, 3.8) is 0 Å². The molecule has 3 nitrogen and oxygen atoms in total. The topological polar surface area (TPSA) is 41.5 Å². The van der Waals surface area contributed by atoms with Crippen LogP contribution in [0.15, 0.2) is 5.10 Å². The van der Waals surface area contributed by atoms with Crippen LogP contribution in [-0.4, -0.2) is 11.6 Å². The van der Waals surface area contributed by atoms with E-state index in [0.717, 1.165) is 25.0 Å².